The highest BCUT2D eigenvalue weighted by atomic mass is 32.2. The first-order chi connectivity index (χ1) is 21.9. The normalized spacial score (nSPS) is 17.0. The molecule has 0 bridgehead atoms. The van der Waals surface area contributed by atoms with E-state index in [0.717, 1.165) is 50.2 Å². The van der Waals surface area contributed by atoms with Gasteiger partial charge in [-0.1, -0.05) is 12.1 Å². The van der Waals surface area contributed by atoms with E-state index in [2.05, 4.69) is 16.0 Å². The van der Waals surface area contributed by atoms with Crippen LogP contribution in [0.25, 0.3) is 0 Å². The van der Waals surface area contributed by atoms with Crippen LogP contribution < -0.4 is 4.74 Å². The lowest BCUT2D eigenvalue weighted by molar-refractivity contribution is -0.0436. The Kier molecular flexibility index (Phi) is 10.1. The van der Waals surface area contributed by atoms with Crippen molar-refractivity contribution >= 4 is 21.5 Å². The molecule has 5 rings (SSSR count). The molecule has 0 atom stereocenters. The summed E-state index contributed by atoms with van der Waals surface area (Å²) in [7, 11) is -5.43. The number of pyridine rings is 1. The lowest BCUT2D eigenvalue weighted by Gasteiger charge is -2.32. The largest absolute Gasteiger partial charge is 0.501 e. The Balaban J connectivity index is 1.05. The van der Waals surface area contributed by atoms with Crippen molar-refractivity contribution in [1.82, 2.24) is 14.8 Å². The van der Waals surface area contributed by atoms with Crippen LogP contribution in [0.1, 0.15) is 64.1 Å². The first-order valence-corrected chi connectivity index (χ1v) is 16.5. The van der Waals surface area contributed by atoms with E-state index < -0.39 is 20.2 Å². The Morgan fingerprint density at radius 1 is 0.913 bits per heavy atom. The number of alkyl halides is 3. The molecule has 242 valence electrons. The van der Waals surface area contributed by atoms with Crippen LogP contribution in [0.5, 0.6) is 5.75 Å². The summed E-state index contributed by atoms with van der Waals surface area (Å²) in [5.74, 6) is 0.235. The first-order valence-electron chi connectivity index (χ1n) is 15.0. The maximum atomic E-state index is 13.1. The van der Waals surface area contributed by atoms with Crippen LogP contribution in [0.4, 0.5) is 13.2 Å². The van der Waals surface area contributed by atoms with Crippen LogP contribution in [-0.4, -0.2) is 72.7 Å². The van der Waals surface area contributed by atoms with Gasteiger partial charge in [-0.05, 0) is 85.9 Å². The summed E-state index contributed by atoms with van der Waals surface area (Å²) in [6, 6.07) is 17.0. The zero-order chi connectivity index (χ0) is 32.9. The maximum absolute atomic E-state index is 13.1. The number of likely N-dealkylation sites (tertiary alicyclic amines) is 2. The van der Waals surface area contributed by atoms with Crippen molar-refractivity contribution in [2.24, 2.45) is 5.92 Å². The lowest BCUT2D eigenvalue weighted by Crippen LogP contribution is -2.41. The number of amides is 1. The molecule has 9 nitrogen and oxygen atoms in total. The van der Waals surface area contributed by atoms with Gasteiger partial charge in [0.15, 0.2) is 5.78 Å². The number of sulfone groups is 1. The molecule has 46 heavy (non-hydrogen) atoms. The Bertz CT molecular complexity index is 1670. The van der Waals surface area contributed by atoms with E-state index in [1.165, 1.54) is 18.3 Å². The number of piperidine rings is 2. The van der Waals surface area contributed by atoms with E-state index >= 15 is 0 Å². The lowest BCUT2D eigenvalue weighted by atomic mass is 9.90. The van der Waals surface area contributed by atoms with E-state index in [4.69, 9.17) is 10.00 Å². The van der Waals surface area contributed by atoms with E-state index in [1.54, 1.807) is 17.0 Å². The van der Waals surface area contributed by atoms with E-state index in [1.807, 2.05) is 24.3 Å². The second-order valence-corrected chi connectivity index (χ2v) is 13.6. The van der Waals surface area contributed by atoms with Crippen molar-refractivity contribution in [3.8, 4) is 11.8 Å². The highest BCUT2D eigenvalue weighted by molar-refractivity contribution is 7.92. The number of hydrogen-bond acceptors (Lipinski definition) is 8. The summed E-state index contributed by atoms with van der Waals surface area (Å²) in [4.78, 5) is 33.4. The SMILES string of the molecule is N#Cc1ccc(CN2CCC(CC(=O)c3ccc(C(=O)N4CCC(Oc5ccc(S(=O)(=O)C(F)(F)F)cc5)CC4)cn3)CC2)cc1. The summed E-state index contributed by atoms with van der Waals surface area (Å²) < 4.78 is 67.2. The highest BCUT2D eigenvalue weighted by Crippen LogP contribution is 2.31. The minimum atomic E-state index is -5.43. The van der Waals surface area contributed by atoms with Gasteiger partial charge in [0.05, 0.1) is 22.1 Å². The van der Waals surface area contributed by atoms with Crippen molar-refractivity contribution in [1.29, 1.82) is 5.26 Å². The van der Waals surface area contributed by atoms with Crippen LogP contribution in [-0.2, 0) is 16.4 Å². The molecule has 3 heterocycles. The molecule has 3 aromatic rings. The van der Waals surface area contributed by atoms with E-state index in [0.29, 0.717) is 49.2 Å². The third-order valence-corrected chi connectivity index (χ3v) is 9.94. The topological polar surface area (TPSA) is 121 Å². The fourth-order valence-electron chi connectivity index (χ4n) is 5.73. The monoisotopic (exact) mass is 654 g/mol. The Morgan fingerprint density at radius 2 is 1.57 bits per heavy atom. The number of hydrogen-bond donors (Lipinski definition) is 0. The van der Waals surface area contributed by atoms with E-state index in [-0.39, 0.29) is 29.5 Å². The summed E-state index contributed by atoms with van der Waals surface area (Å²) in [6.45, 7) is 3.35. The van der Waals surface area contributed by atoms with Gasteiger partial charge in [-0.25, -0.2) is 8.42 Å². The number of Topliss-reactive ketones (excluding diaryl/α,β-unsaturated/α-hetero) is 1. The number of rotatable bonds is 9. The number of carbonyl (C=O) groups is 2. The molecule has 0 spiro atoms. The van der Waals surface area contributed by atoms with Crippen LogP contribution in [0.15, 0.2) is 71.8 Å². The van der Waals surface area contributed by atoms with Gasteiger partial charge >= 0.3 is 5.51 Å². The average molecular weight is 655 g/mol. The molecule has 0 saturated carbocycles. The molecule has 2 saturated heterocycles. The second kappa shape index (κ2) is 14.0. The average Bonchev–Trinajstić information content (AvgIpc) is 3.06. The Morgan fingerprint density at radius 3 is 2.13 bits per heavy atom. The number of ether oxygens (including phenoxy) is 1. The van der Waals surface area contributed by atoms with Crippen molar-refractivity contribution in [2.75, 3.05) is 26.2 Å². The molecule has 2 aliphatic heterocycles. The van der Waals surface area contributed by atoms with Crippen LogP contribution >= 0.6 is 0 Å². The number of halogens is 3. The van der Waals surface area contributed by atoms with Crippen molar-refractivity contribution in [2.45, 2.75) is 55.2 Å². The van der Waals surface area contributed by atoms with Gasteiger partial charge in [0.25, 0.3) is 15.7 Å². The highest BCUT2D eigenvalue weighted by Gasteiger charge is 2.46. The predicted octanol–water partition coefficient (Wildman–Crippen LogP) is 5.42. The number of aromatic nitrogens is 1. The summed E-state index contributed by atoms with van der Waals surface area (Å²) in [5, 5.41) is 8.96. The molecule has 1 amide bonds. The van der Waals surface area contributed by atoms with Gasteiger partial charge in [-0.15, -0.1) is 0 Å². The van der Waals surface area contributed by atoms with Crippen LogP contribution in [0, 0.1) is 17.2 Å². The van der Waals surface area contributed by atoms with Gasteiger partial charge in [0.2, 0.25) is 0 Å². The van der Waals surface area contributed by atoms with Gasteiger partial charge in [-0.3, -0.25) is 19.5 Å². The minimum absolute atomic E-state index is 0.0495. The zero-order valence-corrected chi connectivity index (χ0v) is 25.8. The van der Waals surface area contributed by atoms with Crippen molar-refractivity contribution in [3.05, 3.63) is 89.2 Å². The molecule has 2 aliphatic rings. The second-order valence-electron chi connectivity index (χ2n) is 11.6. The van der Waals surface area contributed by atoms with Crippen molar-refractivity contribution in [3.63, 3.8) is 0 Å². The molecular weight excluding hydrogens is 621 g/mol. The standard InChI is InChI=1S/C33H33F3N4O5S/c34-33(35,36)46(43,44)29-8-6-27(7-9-29)45-28-13-17-40(18-14-28)32(42)26-5-10-30(38-21-26)31(41)19-23-11-15-39(16-12-23)22-25-3-1-24(20-37)2-4-25/h1-10,21,23,28H,11-19,22H2. The number of ketones is 1. The number of nitriles is 1. The fraction of sp³-hybridized carbons (Fsp3) is 0.394. The molecule has 0 unspecified atom stereocenters. The summed E-state index contributed by atoms with van der Waals surface area (Å²) in [5.41, 5.74) is -2.88. The third-order valence-electron chi connectivity index (χ3n) is 8.44. The molecule has 0 N–H and O–H groups in total. The molecule has 2 aromatic carbocycles. The number of carbonyl (C=O) groups excluding carboxylic acids is 2. The van der Waals surface area contributed by atoms with Gasteiger partial charge in [0, 0.05) is 45.1 Å². The molecule has 13 heteroatoms. The van der Waals surface area contributed by atoms with Gasteiger partial charge < -0.3 is 9.64 Å². The van der Waals surface area contributed by atoms with E-state index in [9.17, 15) is 31.2 Å². The quantitative estimate of drug-likeness (QED) is 0.281. The Labute approximate surface area is 265 Å². The predicted molar refractivity (Wildman–Crippen MR) is 162 cm³/mol. The molecule has 0 radical (unpaired) electrons. The molecule has 1 aromatic heterocycles. The smallest absolute Gasteiger partial charge is 0.490 e. The van der Waals surface area contributed by atoms with Gasteiger partial charge in [0.1, 0.15) is 17.5 Å². The van der Waals surface area contributed by atoms with Crippen molar-refractivity contribution < 1.29 is 35.9 Å². The summed E-state index contributed by atoms with van der Waals surface area (Å²) in [6.07, 6.45) is 4.30. The minimum Gasteiger partial charge on any atom is -0.490 e. The Hall–Kier alpha value is -4.28. The van der Waals surface area contributed by atoms with Crippen LogP contribution in [0.3, 0.4) is 0 Å². The van der Waals surface area contributed by atoms with Gasteiger partial charge in [-0.2, -0.15) is 18.4 Å². The number of benzene rings is 2. The molecule has 2 fully saturated rings. The third kappa shape index (κ3) is 7.92. The zero-order valence-electron chi connectivity index (χ0n) is 24.9. The summed E-state index contributed by atoms with van der Waals surface area (Å²) >= 11 is 0. The fourth-order valence-corrected chi connectivity index (χ4v) is 6.49. The maximum Gasteiger partial charge on any atom is 0.501 e. The van der Waals surface area contributed by atoms with Crippen LogP contribution in [0.2, 0.25) is 0 Å². The number of nitrogens with zero attached hydrogens (tertiary/aromatic N) is 4. The molecule has 0 aliphatic carbocycles. The first kappa shape index (κ1) is 33.1. The molecular formula is C33H33F3N4O5S.